The van der Waals surface area contributed by atoms with Gasteiger partial charge in [0.15, 0.2) is 5.76 Å². The average molecular weight is 627 g/mol. The molecule has 3 aromatic carbocycles. The minimum absolute atomic E-state index is 0.244. The zero-order valence-electron chi connectivity index (χ0n) is 20.9. The highest BCUT2D eigenvalue weighted by molar-refractivity contribution is 9.11. The summed E-state index contributed by atoms with van der Waals surface area (Å²) in [6, 6.07) is 22.3. The first-order valence-corrected chi connectivity index (χ1v) is 14.4. The fourth-order valence-electron chi connectivity index (χ4n) is 5.11. The molecule has 1 amide bonds. The Morgan fingerprint density at radius 2 is 1.78 bits per heavy atom. The Morgan fingerprint density at radius 3 is 2.59 bits per heavy atom. The maximum atomic E-state index is 13.1. The number of nitrogens with one attached hydrogen (secondary N) is 2. The van der Waals surface area contributed by atoms with Crippen LogP contribution in [0.5, 0.6) is 5.75 Å². The van der Waals surface area contributed by atoms with E-state index in [0.29, 0.717) is 11.8 Å². The minimum Gasteiger partial charge on any atom is -0.486 e. The van der Waals surface area contributed by atoms with Crippen molar-refractivity contribution in [1.29, 1.82) is 0 Å². The summed E-state index contributed by atoms with van der Waals surface area (Å²) >= 11 is 7.27. The van der Waals surface area contributed by atoms with Gasteiger partial charge in [-0.05, 0) is 88.8 Å². The third-order valence-electron chi connectivity index (χ3n) is 7.13. The lowest BCUT2D eigenvalue weighted by Crippen LogP contribution is -3.11. The van der Waals surface area contributed by atoms with Gasteiger partial charge in [-0.2, -0.15) is 0 Å². The number of ether oxygens (including phenoxy) is 1. The van der Waals surface area contributed by atoms with E-state index >= 15 is 0 Å². The van der Waals surface area contributed by atoms with Gasteiger partial charge in [-0.1, -0.05) is 52.7 Å². The summed E-state index contributed by atoms with van der Waals surface area (Å²) in [5.74, 6) is 1.33. The fraction of sp³-hybridized carbons (Fsp3) is 0.300. The first-order valence-electron chi connectivity index (χ1n) is 12.8. The number of furan rings is 1. The number of benzene rings is 3. The molecular weight excluding hydrogens is 596 g/mol. The molecule has 7 heteroatoms. The van der Waals surface area contributed by atoms with Gasteiger partial charge in [0.2, 0.25) is 0 Å². The molecule has 0 bridgehead atoms. The fourth-order valence-corrected chi connectivity index (χ4v) is 6.52. The quantitative estimate of drug-likeness (QED) is 0.219. The second-order valence-corrected chi connectivity index (χ2v) is 11.6. The van der Waals surface area contributed by atoms with Crippen LogP contribution in [0.15, 0.2) is 80.1 Å². The smallest absolute Gasteiger partial charge is 0.291 e. The Bertz CT molecular complexity index is 1390. The monoisotopic (exact) mass is 625 g/mol. The molecule has 37 heavy (non-hydrogen) atoms. The van der Waals surface area contributed by atoms with E-state index in [1.807, 2.05) is 36.4 Å². The van der Waals surface area contributed by atoms with Crippen LogP contribution in [0, 0.1) is 0 Å². The lowest BCUT2D eigenvalue weighted by Gasteiger charge is -2.29. The van der Waals surface area contributed by atoms with E-state index in [2.05, 4.69) is 62.4 Å². The topological polar surface area (TPSA) is 55.9 Å². The molecule has 1 aliphatic rings. The van der Waals surface area contributed by atoms with Crippen molar-refractivity contribution < 1.29 is 18.8 Å². The van der Waals surface area contributed by atoms with Crippen LogP contribution in [0.4, 0.5) is 5.69 Å². The van der Waals surface area contributed by atoms with E-state index in [9.17, 15) is 4.79 Å². The molecule has 1 fully saturated rings. The van der Waals surface area contributed by atoms with E-state index in [1.54, 1.807) is 12.1 Å². The van der Waals surface area contributed by atoms with Crippen molar-refractivity contribution in [3.63, 3.8) is 0 Å². The van der Waals surface area contributed by atoms with Crippen LogP contribution in [0.3, 0.4) is 0 Å². The molecule has 1 heterocycles. The highest BCUT2D eigenvalue weighted by Crippen LogP contribution is 2.31. The number of carbonyl (C=O) groups excluding carboxylic acids is 1. The van der Waals surface area contributed by atoms with Gasteiger partial charge >= 0.3 is 0 Å². The summed E-state index contributed by atoms with van der Waals surface area (Å²) in [6.45, 7) is 1.08. The molecule has 5 rings (SSSR count). The molecule has 192 valence electrons. The maximum Gasteiger partial charge on any atom is 0.291 e. The first kappa shape index (κ1) is 26.0. The molecular formula is C30H31Br2N2O3+. The summed E-state index contributed by atoms with van der Waals surface area (Å²) in [5, 5.41) is 5.36. The normalized spacial score (nSPS) is 15.0. The number of hydrogen-bond donors (Lipinski definition) is 2. The Kier molecular flexibility index (Phi) is 8.33. The van der Waals surface area contributed by atoms with E-state index in [-0.39, 0.29) is 18.3 Å². The summed E-state index contributed by atoms with van der Waals surface area (Å²) in [5.41, 5.74) is 1.87. The van der Waals surface area contributed by atoms with E-state index in [4.69, 9.17) is 9.15 Å². The predicted octanol–water partition coefficient (Wildman–Crippen LogP) is 7.14. The zero-order chi connectivity index (χ0) is 25.8. The summed E-state index contributed by atoms with van der Waals surface area (Å²) in [6.07, 6.45) is 6.47. The number of fused-ring (bicyclic) bond motifs is 1. The highest BCUT2D eigenvalue weighted by Gasteiger charge is 2.24. The Balaban J connectivity index is 1.25. The van der Waals surface area contributed by atoms with Crippen molar-refractivity contribution in [2.24, 2.45) is 0 Å². The van der Waals surface area contributed by atoms with Gasteiger partial charge in [-0.25, -0.2) is 0 Å². The van der Waals surface area contributed by atoms with Crippen molar-refractivity contribution in [2.75, 3.05) is 12.4 Å². The molecule has 0 aliphatic heterocycles. The summed E-state index contributed by atoms with van der Waals surface area (Å²) in [7, 11) is 2.25. The number of quaternary nitrogens is 1. The second kappa shape index (κ2) is 11.8. The molecule has 1 saturated carbocycles. The minimum atomic E-state index is -0.281. The van der Waals surface area contributed by atoms with E-state index < -0.39 is 0 Å². The maximum absolute atomic E-state index is 13.1. The van der Waals surface area contributed by atoms with E-state index in [1.165, 1.54) is 37.0 Å². The molecule has 1 aromatic heterocycles. The number of anilines is 1. The molecule has 4 aromatic rings. The van der Waals surface area contributed by atoms with Crippen LogP contribution in [-0.4, -0.2) is 19.0 Å². The zero-order valence-corrected chi connectivity index (χ0v) is 24.0. The molecule has 1 unspecified atom stereocenters. The van der Waals surface area contributed by atoms with Crippen molar-refractivity contribution >= 4 is 54.2 Å². The Morgan fingerprint density at radius 1 is 1.00 bits per heavy atom. The van der Waals surface area contributed by atoms with Crippen LogP contribution in [0.1, 0.15) is 54.0 Å². The second-order valence-electron chi connectivity index (χ2n) is 9.80. The molecule has 0 spiro atoms. The van der Waals surface area contributed by atoms with E-state index in [0.717, 1.165) is 43.3 Å². The van der Waals surface area contributed by atoms with Gasteiger partial charge in [0.1, 0.15) is 24.7 Å². The lowest BCUT2D eigenvalue weighted by molar-refractivity contribution is -0.921. The molecule has 0 saturated heterocycles. The van der Waals surface area contributed by atoms with Crippen LogP contribution < -0.4 is 15.0 Å². The van der Waals surface area contributed by atoms with Gasteiger partial charge in [-0.15, -0.1) is 0 Å². The van der Waals surface area contributed by atoms with Crippen LogP contribution >= 0.6 is 31.9 Å². The largest absolute Gasteiger partial charge is 0.486 e. The number of halogens is 2. The van der Waals surface area contributed by atoms with Gasteiger partial charge in [0, 0.05) is 14.5 Å². The van der Waals surface area contributed by atoms with Crippen molar-refractivity contribution in [3.8, 4) is 5.75 Å². The Labute approximate surface area is 234 Å². The molecule has 1 atom stereocenters. The van der Waals surface area contributed by atoms with Crippen LogP contribution in [0.25, 0.3) is 10.8 Å². The molecule has 2 N–H and O–H groups in total. The average Bonchev–Trinajstić information content (AvgIpc) is 3.39. The lowest BCUT2D eigenvalue weighted by atomic mass is 9.94. The van der Waals surface area contributed by atoms with Gasteiger partial charge in [0.25, 0.3) is 5.91 Å². The molecule has 1 aliphatic carbocycles. The van der Waals surface area contributed by atoms with Gasteiger partial charge in [0.05, 0.1) is 18.8 Å². The number of rotatable bonds is 8. The summed E-state index contributed by atoms with van der Waals surface area (Å²) in [4.78, 5) is 14.6. The molecule has 0 radical (unpaired) electrons. The third-order valence-corrected chi connectivity index (χ3v) is 8.22. The Hall–Kier alpha value is -2.61. The van der Waals surface area contributed by atoms with Crippen LogP contribution in [0.2, 0.25) is 0 Å². The van der Waals surface area contributed by atoms with Crippen molar-refractivity contribution in [2.45, 2.75) is 51.3 Å². The van der Waals surface area contributed by atoms with Crippen LogP contribution in [-0.2, 0) is 13.2 Å². The van der Waals surface area contributed by atoms with Crippen molar-refractivity contribution in [1.82, 2.24) is 0 Å². The number of hydrogen-bond acceptors (Lipinski definition) is 3. The predicted molar refractivity (Wildman–Crippen MR) is 154 cm³/mol. The highest BCUT2D eigenvalue weighted by atomic mass is 79.9. The summed E-state index contributed by atoms with van der Waals surface area (Å²) < 4.78 is 13.6. The SMILES string of the molecule is C[NH+](Cc1cc(Br)cc(Br)c1NC(=O)c1ccc(COc2ccc3ccccc3c2)o1)C1CCCCC1. The molecule has 5 nitrogen and oxygen atoms in total. The van der Waals surface area contributed by atoms with Crippen molar-refractivity contribution in [3.05, 3.63) is 92.8 Å². The third kappa shape index (κ3) is 6.46. The van der Waals surface area contributed by atoms with Gasteiger partial charge < -0.3 is 19.4 Å². The number of amides is 1. The number of carbonyl (C=O) groups is 1. The van der Waals surface area contributed by atoms with Gasteiger partial charge in [-0.3, -0.25) is 4.79 Å². The first-order chi connectivity index (χ1) is 18.0. The standard InChI is InChI=1S/C30H30Br2N2O3/c1-34(24-9-3-2-4-10-24)18-22-15-23(31)17-27(32)29(22)33-30(35)28-14-13-26(37-28)19-36-25-12-11-20-7-5-6-8-21(20)16-25/h5-8,11-17,24H,2-4,9-10,18-19H2,1H3,(H,33,35)/p+1.